The summed E-state index contributed by atoms with van der Waals surface area (Å²) in [5, 5.41) is 3.21. The molecule has 1 unspecified atom stereocenters. The number of hydrogen-bond donors (Lipinski definition) is 2. The quantitative estimate of drug-likeness (QED) is 0.438. The predicted octanol–water partition coefficient (Wildman–Crippen LogP) is 2.37. The van der Waals surface area contributed by atoms with Gasteiger partial charge < -0.3 is 15.8 Å². The highest BCUT2D eigenvalue weighted by molar-refractivity contribution is 14.0. The van der Waals surface area contributed by atoms with E-state index in [1.54, 1.807) is 14.2 Å². The zero-order chi connectivity index (χ0) is 15.1. The summed E-state index contributed by atoms with van der Waals surface area (Å²) in [5.41, 5.74) is 7.06. The van der Waals surface area contributed by atoms with E-state index in [0.29, 0.717) is 12.0 Å². The minimum atomic E-state index is 0. The van der Waals surface area contributed by atoms with Crippen LogP contribution in [0.15, 0.2) is 29.3 Å². The topological polar surface area (TPSA) is 62.9 Å². The van der Waals surface area contributed by atoms with Crippen LogP contribution < -0.4 is 15.8 Å². The van der Waals surface area contributed by atoms with Gasteiger partial charge in [0.2, 0.25) is 0 Å². The summed E-state index contributed by atoms with van der Waals surface area (Å²) in [6.07, 6.45) is 3.87. The second-order valence-electron chi connectivity index (χ2n) is 5.38. The van der Waals surface area contributed by atoms with Gasteiger partial charge in [-0.1, -0.05) is 18.6 Å². The van der Waals surface area contributed by atoms with Crippen molar-refractivity contribution in [3.63, 3.8) is 0 Å². The minimum Gasteiger partial charge on any atom is -0.497 e. The maximum Gasteiger partial charge on any atom is 0.188 e. The van der Waals surface area contributed by atoms with Gasteiger partial charge in [0, 0.05) is 13.6 Å². The number of likely N-dealkylation sites (tertiary alicyclic amines) is 1. The summed E-state index contributed by atoms with van der Waals surface area (Å²) in [5.74, 6) is 1.38. The Morgan fingerprint density at radius 2 is 1.91 bits per heavy atom. The van der Waals surface area contributed by atoms with Gasteiger partial charge in [-0.05, 0) is 43.6 Å². The molecule has 1 aliphatic rings. The molecule has 5 nitrogen and oxygen atoms in total. The molecule has 0 aliphatic carbocycles. The molecule has 1 heterocycles. The molecule has 1 saturated heterocycles. The third kappa shape index (κ3) is 5.31. The van der Waals surface area contributed by atoms with E-state index in [2.05, 4.69) is 27.3 Å². The minimum absolute atomic E-state index is 0. The molecule has 1 aromatic carbocycles. The molecule has 3 N–H and O–H groups in total. The normalized spacial score (nSPS) is 17.5. The summed E-state index contributed by atoms with van der Waals surface area (Å²) in [7, 11) is 3.39. The van der Waals surface area contributed by atoms with Gasteiger partial charge in [0.1, 0.15) is 5.75 Å². The second-order valence-corrected chi connectivity index (χ2v) is 5.38. The number of rotatable bonds is 5. The van der Waals surface area contributed by atoms with Crippen LogP contribution in [-0.4, -0.2) is 44.7 Å². The van der Waals surface area contributed by atoms with Gasteiger partial charge in [0.05, 0.1) is 13.2 Å². The number of ether oxygens (including phenoxy) is 1. The van der Waals surface area contributed by atoms with E-state index in [-0.39, 0.29) is 24.0 Å². The number of nitrogens with zero attached hydrogens (tertiary/aromatic N) is 2. The SMILES string of the molecule is CN=C(N)NCC(c1ccc(OC)cc1)N1CCCCC1.I. The lowest BCUT2D eigenvalue weighted by atomic mass is 10.0. The third-order valence-corrected chi connectivity index (χ3v) is 4.05. The van der Waals surface area contributed by atoms with E-state index < -0.39 is 0 Å². The van der Waals surface area contributed by atoms with Gasteiger partial charge in [0.25, 0.3) is 0 Å². The average molecular weight is 418 g/mol. The Balaban J connectivity index is 0.00000242. The van der Waals surface area contributed by atoms with Crippen molar-refractivity contribution in [2.75, 3.05) is 33.8 Å². The van der Waals surface area contributed by atoms with Crippen molar-refractivity contribution in [1.29, 1.82) is 0 Å². The Labute approximate surface area is 150 Å². The van der Waals surface area contributed by atoms with Crippen molar-refractivity contribution in [2.24, 2.45) is 10.7 Å². The molecular weight excluding hydrogens is 391 g/mol. The summed E-state index contributed by atoms with van der Waals surface area (Å²) >= 11 is 0. The third-order valence-electron chi connectivity index (χ3n) is 4.05. The van der Waals surface area contributed by atoms with Gasteiger partial charge in [-0.2, -0.15) is 0 Å². The van der Waals surface area contributed by atoms with Crippen molar-refractivity contribution in [1.82, 2.24) is 10.2 Å². The fourth-order valence-corrected chi connectivity index (χ4v) is 2.79. The van der Waals surface area contributed by atoms with Crippen LogP contribution in [0.2, 0.25) is 0 Å². The summed E-state index contributed by atoms with van der Waals surface area (Å²) < 4.78 is 5.24. The lowest BCUT2D eigenvalue weighted by Crippen LogP contribution is -2.42. The van der Waals surface area contributed by atoms with Crippen LogP contribution in [0.3, 0.4) is 0 Å². The van der Waals surface area contributed by atoms with Crippen molar-refractivity contribution in [3.8, 4) is 5.75 Å². The number of halogens is 1. The maximum absolute atomic E-state index is 5.77. The van der Waals surface area contributed by atoms with Crippen molar-refractivity contribution in [3.05, 3.63) is 29.8 Å². The molecule has 1 aliphatic heterocycles. The first-order valence-corrected chi connectivity index (χ1v) is 7.58. The largest absolute Gasteiger partial charge is 0.497 e. The first-order valence-electron chi connectivity index (χ1n) is 7.58. The Kier molecular flexibility index (Phi) is 8.55. The number of benzene rings is 1. The van der Waals surface area contributed by atoms with E-state index in [1.807, 2.05) is 12.1 Å². The number of nitrogens with one attached hydrogen (secondary N) is 1. The number of guanidine groups is 1. The van der Waals surface area contributed by atoms with Crippen LogP contribution in [-0.2, 0) is 0 Å². The fourth-order valence-electron chi connectivity index (χ4n) is 2.79. The lowest BCUT2D eigenvalue weighted by Gasteiger charge is -2.35. The molecule has 0 saturated carbocycles. The van der Waals surface area contributed by atoms with Crippen LogP contribution in [0.1, 0.15) is 30.9 Å². The molecule has 0 spiro atoms. The fraction of sp³-hybridized carbons (Fsp3) is 0.562. The van der Waals surface area contributed by atoms with Gasteiger partial charge in [0.15, 0.2) is 5.96 Å². The first kappa shape index (κ1) is 19.0. The molecular formula is C16H27IN4O. The summed E-state index contributed by atoms with van der Waals surface area (Å²) in [6, 6.07) is 8.63. The van der Waals surface area contributed by atoms with Crippen LogP contribution >= 0.6 is 24.0 Å². The lowest BCUT2D eigenvalue weighted by molar-refractivity contribution is 0.164. The van der Waals surface area contributed by atoms with Crippen LogP contribution in [0.5, 0.6) is 5.75 Å². The second kappa shape index (κ2) is 9.89. The molecule has 1 fully saturated rings. The van der Waals surface area contributed by atoms with Gasteiger partial charge in [-0.3, -0.25) is 9.89 Å². The van der Waals surface area contributed by atoms with E-state index >= 15 is 0 Å². The van der Waals surface area contributed by atoms with Crippen molar-refractivity contribution < 1.29 is 4.74 Å². The highest BCUT2D eigenvalue weighted by Crippen LogP contribution is 2.25. The van der Waals surface area contributed by atoms with Crippen LogP contribution in [0.4, 0.5) is 0 Å². The maximum atomic E-state index is 5.77. The number of nitrogens with two attached hydrogens (primary N) is 1. The number of hydrogen-bond acceptors (Lipinski definition) is 3. The molecule has 6 heteroatoms. The number of piperidine rings is 1. The Bertz CT molecular complexity index is 458. The molecule has 0 aromatic heterocycles. The molecule has 1 aromatic rings. The first-order chi connectivity index (χ1) is 10.2. The highest BCUT2D eigenvalue weighted by atomic mass is 127. The van der Waals surface area contributed by atoms with Gasteiger partial charge in [-0.25, -0.2) is 0 Å². The predicted molar refractivity (Wildman–Crippen MR) is 102 cm³/mol. The van der Waals surface area contributed by atoms with E-state index in [9.17, 15) is 0 Å². The van der Waals surface area contributed by atoms with E-state index in [0.717, 1.165) is 25.4 Å². The molecule has 1 atom stereocenters. The zero-order valence-corrected chi connectivity index (χ0v) is 15.7. The Morgan fingerprint density at radius 3 is 2.45 bits per heavy atom. The molecule has 0 amide bonds. The molecule has 0 radical (unpaired) electrons. The van der Waals surface area contributed by atoms with Crippen LogP contribution in [0.25, 0.3) is 0 Å². The van der Waals surface area contributed by atoms with E-state index in [1.165, 1.54) is 24.8 Å². The average Bonchev–Trinajstić information content (AvgIpc) is 2.56. The Hall–Kier alpha value is -1.02. The molecule has 124 valence electrons. The monoisotopic (exact) mass is 418 g/mol. The standard InChI is InChI=1S/C16H26N4O.HI/c1-18-16(17)19-12-15(20-10-4-3-5-11-20)13-6-8-14(21-2)9-7-13;/h6-9,15H,3-5,10-12H2,1-2H3,(H3,17,18,19);1H. The molecule has 0 bridgehead atoms. The number of methoxy groups -OCH3 is 1. The van der Waals surface area contributed by atoms with Crippen molar-refractivity contribution >= 4 is 29.9 Å². The zero-order valence-electron chi connectivity index (χ0n) is 13.4. The van der Waals surface area contributed by atoms with E-state index in [4.69, 9.17) is 10.5 Å². The van der Waals surface area contributed by atoms with Crippen molar-refractivity contribution in [2.45, 2.75) is 25.3 Å². The van der Waals surface area contributed by atoms with Gasteiger partial charge in [-0.15, -0.1) is 24.0 Å². The summed E-state index contributed by atoms with van der Waals surface area (Å²) in [6.45, 7) is 3.05. The van der Waals surface area contributed by atoms with Gasteiger partial charge >= 0.3 is 0 Å². The molecule has 2 rings (SSSR count). The Morgan fingerprint density at radius 1 is 1.27 bits per heavy atom. The number of aliphatic imine (C=N–C) groups is 1. The molecule has 22 heavy (non-hydrogen) atoms. The summed E-state index contributed by atoms with van der Waals surface area (Å²) in [4.78, 5) is 6.50. The smallest absolute Gasteiger partial charge is 0.188 e. The van der Waals surface area contributed by atoms with Crippen LogP contribution in [0, 0.1) is 0 Å². The highest BCUT2D eigenvalue weighted by Gasteiger charge is 2.22.